The van der Waals surface area contributed by atoms with Gasteiger partial charge >= 0.3 is 6.16 Å². The van der Waals surface area contributed by atoms with E-state index in [2.05, 4.69) is 30.7 Å². The standard InChI is InChI=1S/C21H24O4/c1-4-15-12-18(16-9-10-16)20(11-14(15)2)24-13-17-7-5-6-8-19(17)25-21(22)23-3/h5-8,11-12,16H,4,9-10,13H2,1-3H3. The molecule has 0 radical (unpaired) electrons. The summed E-state index contributed by atoms with van der Waals surface area (Å²) in [6, 6.07) is 11.8. The Hall–Kier alpha value is -2.49. The molecule has 132 valence electrons. The van der Waals surface area contributed by atoms with Gasteiger partial charge < -0.3 is 14.2 Å². The molecule has 3 rings (SSSR count). The topological polar surface area (TPSA) is 44.8 Å². The van der Waals surface area contributed by atoms with Gasteiger partial charge in [0.25, 0.3) is 0 Å². The largest absolute Gasteiger partial charge is 0.513 e. The fraction of sp³-hybridized carbons (Fsp3) is 0.381. The van der Waals surface area contributed by atoms with Crippen molar-refractivity contribution in [2.24, 2.45) is 0 Å². The van der Waals surface area contributed by atoms with Crippen LogP contribution in [0.3, 0.4) is 0 Å². The summed E-state index contributed by atoms with van der Waals surface area (Å²) in [6.07, 6.45) is 2.76. The van der Waals surface area contributed by atoms with Crippen molar-refractivity contribution in [3.05, 3.63) is 58.7 Å². The van der Waals surface area contributed by atoms with Gasteiger partial charge in [-0.1, -0.05) is 31.2 Å². The van der Waals surface area contributed by atoms with Gasteiger partial charge in [-0.25, -0.2) is 4.79 Å². The molecule has 1 saturated carbocycles. The molecule has 1 fully saturated rings. The molecule has 4 nitrogen and oxygen atoms in total. The zero-order valence-corrected chi connectivity index (χ0v) is 15.0. The maximum Gasteiger partial charge on any atom is 0.513 e. The van der Waals surface area contributed by atoms with E-state index in [1.165, 1.54) is 36.6 Å². The van der Waals surface area contributed by atoms with Gasteiger partial charge in [-0.2, -0.15) is 0 Å². The van der Waals surface area contributed by atoms with Gasteiger partial charge in [-0.3, -0.25) is 0 Å². The highest BCUT2D eigenvalue weighted by Crippen LogP contribution is 2.45. The highest BCUT2D eigenvalue weighted by atomic mass is 16.7. The molecule has 2 aromatic carbocycles. The highest BCUT2D eigenvalue weighted by Gasteiger charge is 2.27. The van der Waals surface area contributed by atoms with Crippen molar-refractivity contribution in [1.82, 2.24) is 0 Å². The summed E-state index contributed by atoms with van der Waals surface area (Å²) in [7, 11) is 1.29. The Kier molecular flexibility index (Phi) is 5.27. The van der Waals surface area contributed by atoms with Crippen molar-refractivity contribution in [2.45, 2.75) is 45.6 Å². The third-order valence-electron chi connectivity index (χ3n) is 4.58. The predicted octanol–water partition coefficient (Wildman–Crippen LogP) is 5.16. The lowest BCUT2D eigenvalue weighted by molar-refractivity contribution is 0.120. The van der Waals surface area contributed by atoms with Crippen LogP contribution in [0.25, 0.3) is 0 Å². The molecule has 0 bridgehead atoms. The van der Waals surface area contributed by atoms with Gasteiger partial charge in [-0.05, 0) is 60.9 Å². The third kappa shape index (κ3) is 4.13. The number of ether oxygens (including phenoxy) is 3. The van der Waals surface area contributed by atoms with Crippen molar-refractivity contribution in [3.8, 4) is 11.5 Å². The highest BCUT2D eigenvalue weighted by molar-refractivity contribution is 5.64. The lowest BCUT2D eigenvalue weighted by Gasteiger charge is -2.16. The second-order valence-corrected chi connectivity index (χ2v) is 6.40. The van der Waals surface area contributed by atoms with Gasteiger partial charge in [0.2, 0.25) is 0 Å². The Balaban J connectivity index is 1.80. The molecule has 0 aromatic heterocycles. The quantitative estimate of drug-likeness (QED) is 0.538. The fourth-order valence-electron chi connectivity index (χ4n) is 2.97. The first kappa shape index (κ1) is 17.3. The smallest absolute Gasteiger partial charge is 0.488 e. The number of carbonyl (C=O) groups is 1. The van der Waals surface area contributed by atoms with Gasteiger partial charge in [0.1, 0.15) is 18.1 Å². The minimum absolute atomic E-state index is 0.345. The normalized spacial score (nSPS) is 13.4. The predicted molar refractivity (Wildman–Crippen MR) is 96.3 cm³/mol. The van der Waals surface area contributed by atoms with Crippen molar-refractivity contribution in [2.75, 3.05) is 7.11 Å². The fourth-order valence-corrected chi connectivity index (χ4v) is 2.97. The van der Waals surface area contributed by atoms with E-state index < -0.39 is 6.16 Å². The first-order chi connectivity index (χ1) is 12.1. The van der Waals surface area contributed by atoms with Gasteiger partial charge in [-0.15, -0.1) is 0 Å². The van der Waals surface area contributed by atoms with Crippen LogP contribution in [0.5, 0.6) is 11.5 Å². The maximum atomic E-state index is 11.4. The number of methoxy groups -OCH3 is 1. The number of aryl methyl sites for hydroxylation is 2. The number of rotatable bonds is 6. The lowest BCUT2D eigenvalue weighted by atomic mass is 9.99. The van der Waals surface area contributed by atoms with Crippen molar-refractivity contribution in [3.63, 3.8) is 0 Å². The molecule has 0 aliphatic heterocycles. The van der Waals surface area contributed by atoms with Crippen LogP contribution in [0.2, 0.25) is 0 Å². The first-order valence-electron chi connectivity index (χ1n) is 8.72. The third-order valence-corrected chi connectivity index (χ3v) is 4.58. The van der Waals surface area contributed by atoms with Gasteiger partial charge in [0, 0.05) is 5.56 Å². The molecule has 1 aliphatic rings. The Morgan fingerprint density at radius 2 is 1.88 bits per heavy atom. The van der Waals surface area contributed by atoms with E-state index in [4.69, 9.17) is 9.47 Å². The summed E-state index contributed by atoms with van der Waals surface area (Å²) in [4.78, 5) is 11.4. The molecule has 0 spiro atoms. The average molecular weight is 340 g/mol. The Morgan fingerprint density at radius 3 is 2.56 bits per heavy atom. The van der Waals surface area contributed by atoms with Gasteiger partial charge in [0.05, 0.1) is 7.11 Å². The Labute approximate surface area is 148 Å². The molecule has 1 aliphatic carbocycles. The molecule has 0 unspecified atom stereocenters. The van der Waals surface area contributed by atoms with Crippen LogP contribution in [0.15, 0.2) is 36.4 Å². The first-order valence-corrected chi connectivity index (χ1v) is 8.72. The Bertz CT molecular complexity index is 762. The molecule has 4 heteroatoms. The van der Waals surface area contributed by atoms with E-state index in [9.17, 15) is 4.79 Å². The Morgan fingerprint density at radius 1 is 1.12 bits per heavy atom. The monoisotopic (exact) mass is 340 g/mol. The number of benzene rings is 2. The molecule has 25 heavy (non-hydrogen) atoms. The minimum atomic E-state index is -0.728. The molecular weight excluding hydrogens is 316 g/mol. The summed E-state index contributed by atoms with van der Waals surface area (Å²) >= 11 is 0. The molecule has 0 saturated heterocycles. The van der Waals surface area contributed by atoms with Crippen molar-refractivity contribution in [1.29, 1.82) is 0 Å². The second kappa shape index (κ2) is 7.60. The number of carbonyl (C=O) groups excluding carboxylic acids is 1. The lowest BCUT2D eigenvalue weighted by Crippen LogP contribution is -2.10. The maximum absolute atomic E-state index is 11.4. The van der Waals surface area contributed by atoms with E-state index in [-0.39, 0.29) is 0 Å². The van der Waals surface area contributed by atoms with E-state index in [0.29, 0.717) is 18.3 Å². The minimum Gasteiger partial charge on any atom is -0.488 e. The summed E-state index contributed by atoms with van der Waals surface area (Å²) in [5, 5.41) is 0. The number of para-hydroxylation sites is 1. The summed E-state index contributed by atoms with van der Waals surface area (Å²) in [5.74, 6) is 2.01. The van der Waals surface area contributed by atoms with Gasteiger partial charge in [0.15, 0.2) is 0 Å². The van der Waals surface area contributed by atoms with E-state index >= 15 is 0 Å². The second-order valence-electron chi connectivity index (χ2n) is 6.40. The van der Waals surface area contributed by atoms with Crippen LogP contribution in [0.4, 0.5) is 4.79 Å². The number of hydrogen-bond donors (Lipinski definition) is 0. The summed E-state index contributed by atoms with van der Waals surface area (Å²) in [5.41, 5.74) is 4.74. The number of hydrogen-bond acceptors (Lipinski definition) is 4. The molecule has 2 aromatic rings. The molecule has 0 amide bonds. The summed E-state index contributed by atoms with van der Waals surface area (Å²) in [6.45, 7) is 4.65. The molecule has 0 atom stereocenters. The average Bonchev–Trinajstić information content (AvgIpc) is 3.46. The van der Waals surface area contributed by atoms with Crippen LogP contribution < -0.4 is 9.47 Å². The van der Waals surface area contributed by atoms with Crippen LogP contribution >= 0.6 is 0 Å². The van der Waals surface area contributed by atoms with Crippen molar-refractivity contribution < 1.29 is 19.0 Å². The zero-order valence-electron chi connectivity index (χ0n) is 15.0. The van der Waals surface area contributed by atoms with E-state index in [1.807, 2.05) is 18.2 Å². The van der Waals surface area contributed by atoms with Crippen LogP contribution in [-0.2, 0) is 17.8 Å². The van der Waals surface area contributed by atoms with E-state index in [1.54, 1.807) is 6.07 Å². The summed E-state index contributed by atoms with van der Waals surface area (Å²) < 4.78 is 15.9. The molecule has 0 N–H and O–H groups in total. The van der Waals surface area contributed by atoms with E-state index in [0.717, 1.165) is 17.7 Å². The SMILES string of the molecule is CCc1cc(C2CC2)c(OCc2ccccc2OC(=O)OC)cc1C. The van der Waals surface area contributed by atoms with Crippen LogP contribution in [0, 0.1) is 6.92 Å². The molecule has 0 heterocycles. The molecular formula is C21H24O4. The van der Waals surface area contributed by atoms with Crippen LogP contribution in [0.1, 0.15) is 47.9 Å². The van der Waals surface area contributed by atoms with Crippen LogP contribution in [-0.4, -0.2) is 13.3 Å². The van der Waals surface area contributed by atoms with Crippen molar-refractivity contribution >= 4 is 6.16 Å². The zero-order chi connectivity index (χ0) is 17.8.